The van der Waals surface area contributed by atoms with Gasteiger partial charge < -0.3 is 23.7 Å². The Labute approximate surface area is 176 Å². The summed E-state index contributed by atoms with van der Waals surface area (Å²) in [6, 6.07) is 0. The van der Waals surface area contributed by atoms with E-state index in [1.807, 2.05) is 0 Å². The molecular weight excluding hydrogens is 396 g/mol. The molecule has 0 aliphatic carbocycles. The summed E-state index contributed by atoms with van der Waals surface area (Å²) < 4.78 is 25.7. The first-order valence-corrected chi connectivity index (χ1v) is 10.0. The third-order valence-electron chi connectivity index (χ3n) is 4.13. The molecular formula is C21H30O9. The van der Waals surface area contributed by atoms with Crippen LogP contribution >= 0.6 is 0 Å². The van der Waals surface area contributed by atoms with Crippen LogP contribution in [0.1, 0.15) is 51.4 Å². The normalized spacial score (nSPS) is 18.0. The molecule has 0 aromatic carbocycles. The molecule has 1 heterocycles. The fourth-order valence-corrected chi connectivity index (χ4v) is 2.58. The van der Waals surface area contributed by atoms with Crippen LogP contribution in [-0.4, -0.2) is 56.1 Å². The van der Waals surface area contributed by atoms with Crippen molar-refractivity contribution in [3.63, 3.8) is 0 Å². The second-order valence-electron chi connectivity index (χ2n) is 6.58. The van der Waals surface area contributed by atoms with Crippen molar-refractivity contribution in [2.75, 3.05) is 19.8 Å². The Morgan fingerprint density at radius 3 is 1.90 bits per heavy atom. The molecule has 0 radical (unpaired) electrons. The van der Waals surface area contributed by atoms with E-state index in [1.54, 1.807) is 0 Å². The van der Waals surface area contributed by atoms with Gasteiger partial charge in [0.2, 0.25) is 6.29 Å². The molecule has 0 saturated carbocycles. The summed E-state index contributed by atoms with van der Waals surface area (Å²) in [4.78, 5) is 45.6. The predicted octanol–water partition coefficient (Wildman–Crippen LogP) is 2.38. The fraction of sp³-hybridized carbons (Fsp3) is 0.619. The van der Waals surface area contributed by atoms with Gasteiger partial charge in [0.15, 0.2) is 0 Å². The van der Waals surface area contributed by atoms with E-state index in [2.05, 4.69) is 13.2 Å². The molecule has 1 fully saturated rings. The number of esters is 4. The third kappa shape index (κ3) is 12.0. The molecule has 9 nitrogen and oxygen atoms in total. The van der Waals surface area contributed by atoms with E-state index in [0.717, 1.165) is 12.2 Å². The van der Waals surface area contributed by atoms with Gasteiger partial charge in [-0.05, 0) is 25.7 Å². The van der Waals surface area contributed by atoms with E-state index in [0.29, 0.717) is 38.7 Å². The average Bonchev–Trinajstić information content (AvgIpc) is 2.73. The number of ether oxygens (including phenoxy) is 5. The Morgan fingerprint density at radius 2 is 1.37 bits per heavy atom. The zero-order valence-electron chi connectivity index (χ0n) is 17.2. The van der Waals surface area contributed by atoms with Crippen LogP contribution in [0.15, 0.2) is 25.3 Å². The van der Waals surface area contributed by atoms with Crippen molar-refractivity contribution in [1.82, 2.24) is 0 Å². The van der Waals surface area contributed by atoms with E-state index in [4.69, 9.17) is 23.7 Å². The van der Waals surface area contributed by atoms with Crippen molar-refractivity contribution >= 4 is 23.9 Å². The summed E-state index contributed by atoms with van der Waals surface area (Å²) in [7, 11) is 0. The Morgan fingerprint density at radius 1 is 0.833 bits per heavy atom. The zero-order valence-corrected chi connectivity index (χ0v) is 17.2. The quantitative estimate of drug-likeness (QED) is 0.179. The Bertz CT molecular complexity index is 549. The van der Waals surface area contributed by atoms with Crippen LogP contribution in [0.5, 0.6) is 0 Å². The minimum atomic E-state index is -0.749. The summed E-state index contributed by atoms with van der Waals surface area (Å²) >= 11 is 0. The van der Waals surface area contributed by atoms with Gasteiger partial charge >= 0.3 is 23.9 Å². The monoisotopic (exact) mass is 426 g/mol. The maximum Gasteiger partial charge on any atom is 0.330 e. The highest BCUT2D eigenvalue weighted by atomic mass is 16.7. The zero-order chi connectivity index (χ0) is 22.2. The van der Waals surface area contributed by atoms with E-state index < -0.39 is 24.2 Å². The molecule has 0 bridgehead atoms. The summed E-state index contributed by atoms with van der Waals surface area (Å²) in [5, 5.41) is 0. The number of hydrogen-bond donors (Lipinski definition) is 0. The highest BCUT2D eigenvalue weighted by molar-refractivity contribution is 5.81. The smallest absolute Gasteiger partial charge is 0.330 e. The molecule has 1 saturated heterocycles. The van der Waals surface area contributed by atoms with Crippen LogP contribution in [0.4, 0.5) is 0 Å². The van der Waals surface area contributed by atoms with Gasteiger partial charge in [0, 0.05) is 37.8 Å². The number of carbonyl (C=O) groups excluding carboxylic acids is 4. The van der Waals surface area contributed by atoms with Gasteiger partial charge in [-0.3, -0.25) is 9.59 Å². The SMILES string of the molecule is C=CC(=O)OCCCCC(=O)OC1C[C@@H](OC(=O)CCCCOC(=O)C=C)CCO1. The largest absolute Gasteiger partial charge is 0.463 e. The summed E-state index contributed by atoms with van der Waals surface area (Å²) in [6.07, 6.45) is 4.38. The Balaban J connectivity index is 2.15. The first-order valence-electron chi connectivity index (χ1n) is 10.0. The van der Waals surface area contributed by atoms with Gasteiger partial charge in [-0.25, -0.2) is 9.59 Å². The highest BCUT2D eigenvalue weighted by Crippen LogP contribution is 2.19. The number of carbonyl (C=O) groups is 4. The molecule has 0 spiro atoms. The lowest BCUT2D eigenvalue weighted by Crippen LogP contribution is -2.35. The molecule has 1 aliphatic heterocycles. The van der Waals surface area contributed by atoms with E-state index in [1.165, 1.54) is 0 Å². The van der Waals surface area contributed by atoms with Crippen molar-refractivity contribution in [2.24, 2.45) is 0 Å². The van der Waals surface area contributed by atoms with Crippen LogP contribution in [-0.2, 0) is 42.9 Å². The summed E-state index contributed by atoms with van der Waals surface area (Å²) in [5.74, 6) is -1.76. The number of hydrogen-bond acceptors (Lipinski definition) is 9. The van der Waals surface area contributed by atoms with Crippen LogP contribution in [0, 0.1) is 0 Å². The minimum absolute atomic E-state index is 0.173. The highest BCUT2D eigenvalue weighted by Gasteiger charge is 2.28. The lowest BCUT2D eigenvalue weighted by molar-refractivity contribution is -0.202. The fourth-order valence-electron chi connectivity index (χ4n) is 2.58. The molecule has 0 aromatic rings. The molecule has 30 heavy (non-hydrogen) atoms. The van der Waals surface area contributed by atoms with Gasteiger partial charge in [0.1, 0.15) is 6.10 Å². The van der Waals surface area contributed by atoms with Gasteiger partial charge in [0.05, 0.1) is 19.8 Å². The van der Waals surface area contributed by atoms with Crippen molar-refractivity contribution in [2.45, 2.75) is 63.8 Å². The van der Waals surface area contributed by atoms with Gasteiger partial charge in [-0.1, -0.05) is 13.2 Å². The number of unbranched alkanes of at least 4 members (excludes halogenated alkanes) is 2. The second kappa shape index (κ2) is 15.2. The van der Waals surface area contributed by atoms with Crippen molar-refractivity contribution in [3.8, 4) is 0 Å². The van der Waals surface area contributed by atoms with Crippen LogP contribution in [0.3, 0.4) is 0 Å². The van der Waals surface area contributed by atoms with Gasteiger partial charge in [-0.15, -0.1) is 0 Å². The summed E-state index contributed by atoms with van der Waals surface area (Å²) in [5.41, 5.74) is 0. The van der Waals surface area contributed by atoms with Crippen molar-refractivity contribution in [3.05, 3.63) is 25.3 Å². The molecule has 2 atom stereocenters. The molecule has 9 heteroatoms. The molecule has 1 aliphatic rings. The molecule has 0 amide bonds. The van der Waals surface area contributed by atoms with E-state index in [9.17, 15) is 19.2 Å². The van der Waals surface area contributed by atoms with Crippen LogP contribution < -0.4 is 0 Å². The minimum Gasteiger partial charge on any atom is -0.463 e. The molecule has 168 valence electrons. The van der Waals surface area contributed by atoms with Crippen molar-refractivity contribution < 1.29 is 42.9 Å². The van der Waals surface area contributed by atoms with Crippen LogP contribution in [0.25, 0.3) is 0 Å². The Kier molecular flexibility index (Phi) is 12.8. The first-order chi connectivity index (χ1) is 14.4. The Hall–Kier alpha value is -2.68. The average molecular weight is 426 g/mol. The topological polar surface area (TPSA) is 114 Å². The number of rotatable bonds is 14. The van der Waals surface area contributed by atoms with Gasteiger partial charge in [0.25, 0.3) is 0 Å². The van der Waals surface area contributed by atoms with Crippen molar-refractivity contribution in [1.29, 1.82) is 0 Å². The molecule has 0 aromatic heterocycles. The second-order valence-corrected chi connectivity index (χ2v) is 6.58. The molecule has 1 unspecified atom stereocenters. The van der Waals surface area contributed by atoms with Gasteiger partial charge in [-0.2, -0.15) is 0 Å². The van der Waals surface area contributed by atoms with Crippen LogP contribution in [0.2, 0.25) is 0 Å². The molecule has 1 rings (SSSR count). The predicted molar refractivity (Wildman–Crippen MR) is 105 cm³/mol. The summed E-state index contributed by atoms with van der Waals surface area (Å²) in [6.45, 7) is 7.36. The van der Waals surface area contributed by atoms with E-state index >= 15 is 0 Å². The first kappa shape index (κ1) is 25.4. The maximum atomic E-state index is 11.9. The maximum absolute atomic E-state index is 11.9. The van der Waals surface area contributed by atoms with E-state index in [-0.39, 0.29) is 44.5 Å². The lowest BCUT2D eigenvalue weighted by Gasteiger charge is -2.28. The molecule has 0 N–H and O–H groups in total. The lowest BCUT2D eigenvalue weighted by atomic mass is 10.1. The standard InChI is InChI=1S/C21H30O9/c1-3-17(22)26-12-7-5-9-19(24)29-16-11-14-28-21(15-16)30-20(25)10-6-8-13-27-18(23)4-2/h3-4,16,21H,1-2,5-15H2/t16-,21?/m0/s1. The third-order valence-corrected chi connectivity index (χ3v) is 4.13.